The molecule has 1 fully saturated rings. The topological polar surface area (TPSA) is 29.3 Å². The molecule has 2 nitrogen and oxygen atoms in total. The molecule has 0 saturated heterocycles. The van der Waals surface area contributed by atoms with Gasteiger partial charge < -0.3 is 10.6 Å². The summed E-state index contributed by atoms with van der Waals surface area (Å²) in [6.07, 6.45) is 8.04. The van der Waals surface area contributed by atoms with Crippen molar-refractivity contribution in [1.82, 2.24) is 0 Å². The Morgan fingerprint density at radius 3 is 2.72 bits per heavy atom. The standard InChI is InChI=1S/C16H24N2/c1-2-12-6-8-14(9-7-12)18-11-10-13-4-3-5-15(17)16(13)18/h3-5,12,14H,2,6-11,17H2,1H3. The highest BCUT2D eigenvalue weighted by Gasteiger charge is 2.30. The third kappa shape index (κ3) is 1.98. The summed E-state index contributed by atoms with van der Waals surface area (Å²) in [6.45, 7) is 3.50. The lowest BCUT2D eigenvalue weighted by molar-refractivity contribution is 0.310. The van der Waals surface area contributed by atoms with E-state index in [0.29, 0.717) is 0 Å². The van der Waals surface area contributed by atoms with Gasteiger partial charge in [-0.05, 0) is 49.7 Å². The lowest BCUT2D eigenvalue weighted by atomic mass is 9.84. The number of hydrogen-bond acceptors (Lipinski definition) is 2. The molecule has 2 N–H and O–H groups in total. The molecule has 98 valence electrons. The van der Waals surface area contributed by atoms with Gasteiger partial charge in [-0.2, -0.15) is 0 Å². The van der Waals surface area contributed by atoms with Crippen LogP contribution in [0.3, 0.4) is 0 Å². The number of anilines is 2. The van der Waals surface area contributed by atoms with Crippen molar-refractivity contribution in [2.45, 2.75) is 51.5 Å². The SMILES string of the molecule is CCC1CCC(N2CCc3cccc(N)c32)CC1. The zero-order valence-electron chi connectivity index (χ0n) is 11.4. The van der Waals surface area contributed by atoms with Crippen LogP contribution in [0.15, 0.2) is 18.2 Å². The quantitative estimate of drug-likeness (QED) is 0.805. The summed E-state index contributed by atoms with van der Waals surface area (Å²) >= 11 is 0. The van der Waals surface area contributed by atoms with E-state index in [0.717, 1.165) is 17.6 Å². The Morgan fingerprint density at radius 2 is 2.00 bits per heavy atom. The molecule has 1 aromatic carbocycles. The maximum Gasteiger partial charge on any atom is 0.0635 e. The third-order valence-electron chi connectivity index (χ3n) is 4.89. The first-order valence-corrected chi connectivity index (χ1v) is 7.43. The zero-order chi connectivity index (χ0) is 12.5. The number of fused-ring (bicyclic) bond motifs is 1. The minimum absolute atomic E-state index is 0.735. The number of para-hydroxylation sites is 1. The van der Waals surface area contributed by atoms with Crippen molar-refractivity contribution in [2.24, 2.45) is 5.92 Å². The van der Waals surface area contributed by atoms with Crippen molar-refractivity contribution >= 4 is 11.4 Å². The van der Waals surface area contributed by atoms with Crippen molar-refractivity contribution in [1.29, 1.82) is 0 Å². The highest BCUT2D eigenvalue weighted by atomic mass is 15.2. The van der Waals surface area contributed by atoms with Crippen LogP contribution in [0.5, 0.6) is 0 Å². The van der Waals surface area contributed by atoms with Gasteiger partial charge in [0.2, 0.25) is 0 Å². The number of nitrogens with zero attached hydrogens (tertiary/aromatic N) is 1. The van der Waals surface area contributed by atoms with E-state index in [9.17, 15) is 0 Å². The fourth-order valence-corrected chi connectivity index (χ4v) is 3.75. The molecule has 1 heterocycles. The second kappa shape index (κ2) is 4.83. The van der Waals surface area contributed by atoms with Gasteiger partial charge in [-0.3, -0.25) is 0 Å². The van der Waals surface area contributed by atoms with E-state index < -0.39 is 0 Å². The summed E-state index contributed by atoms with van der Waals surface area (Å²) in [7, 11) is 0. The predicted molar refractivity (Wildman–Crippen MR) is 77.9 cm³/mol. The fourth-order valence-electron chi connectivity index (χ4n) is 3.75. The second-order valence-electron chi connectivity index (χ2n) is 5.88. The van der Waals surface area contributed by atoms with Crippen LogP contribution in [0.2, 0.25) is 0 Å². The van der Waals surface area contributed by atoms with Crippen molar-refractivity contribution in [2.75, 3.05) is 17.2 Å². The molecule has 1 saturated carbocycles. The molecule has 0 bridgehead atoms. The van der Waals surface area contributed by atoms with Crippen molar-refractivity contribution in [3.63, 3.8) is 0 Å². The number of nitrogen functional groups attached to an aromatic ring is 1. The molecule has 0 atom stereocenters. The molecule has 18 heavy (non-hydrogen) atoms. The first-order valence-electron chi connectivity index (χ1n) is 7.43. The minimum Gasteiger partial charge on any atom is -0.397 e. The summed E-state index contributed by atoms with van der Waals surface area (Å²) in [4.78, 5) is 2.59. The maximum atomic E-state index is 6.18. The van der Waals surface area contributed by atoms with E-state index >= 15 is 0 Å². The molecule has 1 aliphatic carbocycles. The average Bonchev–Trinajstić information content (AvgIpc) is 2.84. The van der Waals surface area contributed by atoms with Crippen molar-refractivity contribution in [3.8, 4) is 0 Å². The molecular formula is C16H24N2. The Balaban J connectivity index is 1.77. The van der Waals surface area contributed by atoms with Crippen LogP contribution in [0, 0.1) is 5.92 Å². The lowest BCUT2D eigenvalue weighted by Gasteiger charge is -2.36. The molecule has 0 amide bonds. The molecule has 3 rings (SSSR count). The van der Waals surface area contributed by atoms with E-state index in [1.807, 2.05) is 0 Å². The van der Waals surface area contributed by atoms with Gasteiger partial charge in [0.1, 0.15) is 0 Å². The summed E-state index contributed by atoms with van der Waals surface area (Å²) in [5.74, 6) is 0.969. The molecule has 0 aromatic heterocycles. The lowest BCUT2D eigenvalue weighted by Crippen LogP contribution is -2.37. The Hall–Kier alpha value is -1.18. The Kier molecular flexibility index (Phi) is 3.19. The molecule has 0 spiro atoms. The first-order chi connectivity index (χ1) is 8.79. The predicted octanol–water partition coefficient (Wildman–Crippen LogP) is 3.60. The number of benzene rings is 1. The van der Waals surface area contributed by atoms with E-state index in [1.165, 1.54) is 56.3 Å². The van der Waals surface area contributed by atoms with Gasteiger partial charge in [0.25, 0.3) is 0 Å². The maximum absolute atomic E-state index is 6.18. The van der Waals surface area contributed by atoms with Gasteiger partial charge in [0.15, 0.2) is 0 Å². The number of hydrogen-bond donors (Lipinski definition) is 1. The van der Waals surface area contributed by atoms with Crippen LogP contribution in [0.25, 0.3) is 0 Å². The molecular weight excluding hydrogens is 220 g/mol. The molecule has 1 aromatic rings. The molecule has 0 radical (unpaired) electrons. The highest BCUT2D eigenvalue weighted by molar-refractivity contribution is 5.74. The largest absolute Gasteiger partial charge is 0.397 e. The van der Waals surface area contributed by atoms with Crippen LogP contribution >= 0.6 is 0 Å². The van der Waals surface area contributed by atoms with E-state index in [-0.39, 0.29) is 0 Å². The van der Waals surface area contributed by atoms with Gasteiger partial charge in [-0.15, -0.1) is 0 Å². The normalized spacial score (nSPS) is 27.3. The van der Waals surface area contributed by atoms with E-state index in [2.05, 4.69) is 30.0 Å². The third-order valence-corrected chi connectivity index (χ3v) is 4.89. The fraction of sp³-hybridized carbons (Fsp3) is 0.625. The molecule has 1 aliphatic heterocycles. The number of rotatable bonds is 2. The molecule has 0 unspecified atom stereocenters. The van der Waals surface area contributed by atoms with Gasteiger partial charge in [-0.25, -0.2) is 0 Å². The van der Waals surface area contributed by atoms with Crippen LogP contribution in [0.1, 0.15) is 44.6 Å². The minimum atomic E-state index is 0.735. The van der Waals surface area contributed by atoms with Crippen molar-refractivity contribution in [3.05, 3.63) is 23.8 Å². The zero-order valence-corrected chi connectivity index (χ0v) is 11.4. The van der Waals surface area contributed by atoms with Crippen LogP contribution in [-0.4, -0.2) is 12.6 Å². The van der Waals surface area contributed by atoms with Crippen LogP contribution in [0.4, 0.5) is 11.4 Å². The Morgan fingerprint density at radius 1 is 1.22 bits per heavy atom. The second-order valence-corrected chi connectivity index (χ2v) is 5.88. The van der Waals surface area contributed by atoms with E-state index in [1.54, 1.807) is 0 Å². The molecule has 2 aliphatic rings. The van der Waals surface area contributed by atoms with Gasteiger partial charge in [-0.1, -0.05) is 25.5 Å². The van der Waals surface area contributed by atoms with Crippen LogP contribution < -0.4 is 10.6 Å². The first kappa shape index (κ1) is 11.9. The molecule has 2 heteroatoms. The van der Waals surface area contributed by atoms with Crippen LogP contribution in [-0.2, 0) is 6.42 Å². The Labute approximate surface area is 110 Å². The van der Waals surface area contributed by atoms with Gasteiger partial charge >= 0.3 is 0 Å². The number of nitrogens with two attached hydrogens (primary N) is 1. The summed E-state index contributed by atoms with van der Waals surface area (Å²) in [5, 5.41) is 0. The highest BCUT2D eigenvalue weighted by Crippen LogP contribution is 2.39. The summed E-state index contributed by atoms with van der Waals surface area (Å²) < 4.78 is 0. The summed E-state index contributed by atoms with van der Waals surface area (Å²) in [6, 6.07) is 7.11. The monoisotopic (exact) mass is 244 g/mol. The van der Waals surface area contributed by atoms with E-state index in [4.69, 9.17) is 5.73 Å². The van der Waals surface area contributed by atoms with Gasteiger partial charge in [0, 0.05) is 12.6 Å². The average molecular weight is 244 g/mol. The Bertz CT molecular complexity index is 419. The van der Waals surface area contributed by atoms with Crippen molar-refractivity contribution < 1.29 is 0 Å². The van der Waals surface area contributed by atoms with Gasteiger partial charge in [0.05, 0.1) is 11.4 Å². The summed E-state index contributed by atoms with van der Waals surface area (Å²) in [5.41, 5.74) is 9.95. The smallest absolute Gasteiger partial charge is 0.0635 e.